The van der Waals surface area contributed by atoms with Crippen LogP contribution < -0.4 is 20.7 Å². The van der Waals surface area contributed by atoms with Gasteiger partial charge < -0.3 is 35.0 Å². The molecule has 0 unspecified atom stereocenters. The lowest BCUT2D eigenvalue weighted by Crippen LogP contribution is -2.71. The third-order valence-corrected chi connectivity index (χ3v) is 13.2. The fraction of sp³-hybridized carbons (Fsp3) is 0.292. The van der Waals surface area contributed by atoms with E-state index in [9.17, 15) is 19.2 Å². The zero-order valence-electron chi connectivity index (χ0n) is 36.5. The molecule has 0 aliphatic carbocycles. The summed E-state index contributed by atoms with van der Waals surface area (Å²) in [5.41, 5.74) is 2.11. The van der Waals surface area contributed by atoms with Crippen LogP contribution in [0.2, 0.25) is 4.34 Å². The highest BCUT2D eigenvalue weighted by Crippen LogP contribution is 2.43. The second kappa shape index (κ2) is 21.5. The van der Waals surface area contributed by atoms with E-state index in [0.717, 1.165) is 33.6 Å². The van der Waals surface area contributed by atoms with Crippen molar-refractivity contribution in [3.05, 3.63) is 159 Å². The van der Waals surface area contributed by atoms with Crippen LogP contribution in [0.3, 0.4) is 0 Å². The first kappa shape index (κ1) is 47.9. The fourth-order valence-corrected chi connectivity index (χ4v) is 10.1. The molecule has 0 bridgehead atoms. The number of halogens is 2. The predicted molar refractivity (Wildman–Crippen MR) is 257 cm³/mol. The smallest absolute Gasteiger partial charge is 0.407 e. The average Bonchev–Trinajstić information content (AvgIpc) is 3.69. The summed E-state index contributed by atoms with van der Waals surface area (Å²) in [6.07, 6.45) is -0.274. The largest absolute Gasteiger partial charge is 0.497 e. The molecule has 14 nitrogen and oxygen atoms in total. The van der Waals surface area contributed by atoms with Crippen LogP contribution in [0.4, 0.5) is 9.93 Å². The standard InChI is InChI=1S/C48H48Cl2N6O8S2/c1-47(2,3)64-46(60)51-25-14-26-63-55-37(41(57)52-38-42(58)56-39(31(27-49)29-65-43(38)56)44(59)62-28-30-21-23-35(61-4)24-22-30)36-40(50)66-45(53-36)54-48(32-15-8-5-9-16-32,33-17-10-6-11-18-33)34-19-12-7-13-20-34/h5-13,15-24,38,43H,14,25-29H2,1-4H3,(H,51,60)(H,52,57)(H,53,54)/b55-37-/t38-,43+/m1/s1. The van der Waals surface area contributed by atoms with Gasteiger partial charge in [0.25, 0.3) is 11.8 Å². The molecule has 3 heterocycles. The van der Waals surface area contributed by atoms with Crippen molar-refractivity contribution < 1.29 is 38.2 Å². The Balaban J connectivity index is 1.15. The van der Waals surface area contributed by atoms with Gasteiger partial charge in [-0.05, 0) is 60.7 Å². The van der Waals surface area contributed by atoms with Crippen LogP contribution in [0.15, 0.2) is 132 Å². The van der Waals surface area contributed by atoms with Gasteiger partial charge in [0.15, 0.2) is 10.8 Å². The molecule has 0 saturated carbocycles. The van der Waals surface area contributed by atoms with Crippen LogP contribution in [0.25, 0.3) is 0 Å². The van der Waals surface area contributed by atoms with Gasteiger partial charge in [-0.2, -0.15) is 0 Å². The number of alkyl halides is 1. The number of fused-ring (bicyclic) bond motifs is 1. The number of nitrogens with one attached hydrogen (secondary N) is 3. The van der Waals surface area contributed by atoms with Crippen LogP contribution in [-0.2, 0) is 40.8 Å². The highest BCUT2D eigenvalue weighted by Gasteiger charge is 2.55. The number of anilines is 1. The van der Waals surface area contributed by atoms with Crippen LogP contribution >= 0.6 is 46.3 Å². The summed E-state index contributed by atoms with van der Waals surface area (Å²) >= 11 is 15.7. The number of alkyl carbamates (subject to hydrolysis) is 1. The molecule has 2 atom stereocenters. The van der Waals surface area contributed by atoms with E-state index >= 15 is 0 Å². The van der Waals surface area contributed by atoms with E-state index in [2.05, 4.69) is 21.1 Å². The molecule has 3 amide bonds. The van der Waals surface area contributed by atoms with Crippen LogP contribution in [0.5, 0.6) is 5.75 Å². The summed E-state index contributed by atoms with van der Waals surface area (Å²) in [4.78, 5) is 66.0. The fourth-order valence-electron chi connectivity index (χ4n) is 7.31. The van der Waals surface area contributed by atoms with Crippen molar-refractivity contribution in [1.29, 1.82) is 0 Å². The summed E-state index contributed by atoms with van der Waals surface area (Å²) in [6.45, 7) is 5.43. The third kappa shape index (κ3) is 11.0. The van der Waals surface area contributed by atoms with Crippen molar-refractivity contribution in [3.8, 4) is 5.75 Å². The maximum Gasteiger partial charge on any atom is 0.407 e. The first-order valence-corrected chi connectivity index (χ1v) is 23.7. The van der Waals surface area contributed by atoms with Gasteiger partial charge in [-0.1, -0.05) is 131 Å². The minimum atomic E-state index is -1.07. The number of esters is 1. The Bertz CT molecular complexity index is 2480. The number of carbonyl (C=O) groups is 4. The molecule has 7 rings (SSSR count). The number of carbonyl (C=O) groups excluding carboxylic acids is 4. The monoisotopic (exact) mass is 970 g/mol. The number of thioether (sulfide) groups is 1. The van der Waals surface area contributed by atoms with E-state index in [0.29, 0.717) is 28.6 Å². The Hall–Kier alpha value is -6.07. The van der Waals surface area contributed by atoms with Gasteiger partial charge in [0.2, 0.25) is 0 Å². The van der Waals surface area contributed by atoms with Crippen LogP contribution in [0, 0.1) is 0 Å². The topological polar surface area (TPSA) is 170 Å². The number of benzene rings is 4. The number of methoxy groups -OCH3 is 1. The van der Waals surface area contributed by atoms with E-state index in [1.807, 2.05) is 91.0 Å². The summed E-state index contributed by atoms with van der Waals surface area (Å²) in [5.74, 6) is -1.09. The third-order valence-electron chi connectivity index (χ3n) is 10.4. The van der Waals surface area contributed by atoms with E-state index in [1.54, 1.807) is 52.1 Å². The van der Waals surface area contributed by atoms with Gasteiger partial charge in [0.05, 0.1) is 7.11 Å². The van der Waals surface area contributed by atoms with Gasteiger partial charge in [-0.15, -0.1) is 23.4 Å². The molecule has 18 heteroatoms. The number of ether oxygens (including phenoxy) is 3. The zero-order chi connectivity index (χ0) is 46.8. The zero-order valence-corrected chi connectivity index (χ0v) is 39.7. The minimum Gasteiger partial charge on any atom is -0.497 e. The Morgan fingerprint density at radius 1 is 0.894 bits per heavy atom. The number of oxime groups is 1. The molecule has 1 saturated heterocycles. The lowest BCUT2D eigenvalue weighted by molar-refractivity contribution is -0.153. The SMILES string of the molecule is COc1ccc(COC(=O)C2=C(CCl)CS[C@H]3[C@H](NC(=O)/C(=N\OCCCNC(=O)OC(C)(C)C)c4nc(NC(c5ccccc5)(c5ccccc5)c5ccccc5)sc4Cl)C(=O)N23)cc1. The van der Waals surface area contributed by atoms with Gasteiger partial charge in [0, 0.05) is 24.6 Å². The highest BCUT2D eigenvalue weighted by molar-refractivity contribution is 8.00. The molecule has 344 valence electrons. The normalized spacial score (nSPS) is 16.1. The molecule has 66 heavy (non-hydrogen) atoms. The highest BCUT2D eigenvalue weighted by atomic mass is 35.5. The van der Waals surface area contributed by atoms with Crippen molar-refractivity contribution in [2.45, 2.75) is 56.4 Å². The summed E-state index contributed by atoms with van der Waals surface area (Å²) < 4.78 is 16.3. The molecule has 4 aromatic carbocycles. The number of aromatic nitrogens is 1. The Morgan fingerprint density at radius 2 is 1.50 bits per heavy atom. The van der Waals surface area contributed by atoms with E-state index < -0.39 is 46.4 Å². The summed E-state index contributed by atoms with van der Waals surface area (Å²) in [5, 5.41) is 13.1. The number of rotatable bonds is 18. The predicted octanol–water partition coefficient (Wildman–Crippen LogP) is 8.48. The van der Waals surface area contributed by atoms with Gasteiger partial charge in [-0.25, -0.2) is 14.6 Å². The molecule has 0 spiro atoms. The molecule has 2 aliphatic rings. The van der Waals surface area contributed by atoms with E-state index in [4.69, 9.17) is 47.2 Å². The lowest BCUT2D eigenvalue weighted by atomic mass is 9.77. The quantitative estimate of drug-likeness (QED) is 0.0146. The second-order valence-corrected chi connectivity index (χ2v) is 19.0. The number of β-lactam (4-membered cyclic amide) rings is 1. The number of nitrogens with zero attached hydrogens (tertiary/aromatic N) is 3. The first-order chi connectivity index (χ1) is 31.8. The van der Waals surface area contributed by atoms with E-state index in [-0.39, 0.29) is 47.1 Å². The van der Waals surface area contributed by atoms with Crippen LogP contribution in [-0.4, -0.2) is 88.4 Å². The van der Waals surface area contributed by atoms with Crippen molar-refractivity contribution in [3.63, 3.8) is 0 Å². The van der Waals surface area contributed by atoms with Gasteiger partial charge in [0.1, 0.15) is 57.2 Å². The minimum absolute atomic E-state index is 0.00341. The molecular weight excluding hydrogens is 924 g/mol. The lowest BCUT2D eigenvalue weighted by Gasteiger charge is -2.49. The van der Waals surface area contributed by atoms with Crippen molar-refractivity contribution in [1.82, 2.24) is 20.5 Å². The Kier molecular flexibility index (Phi) is 15.6. The summed E-state index contributed by atoms with van der Waals surface area (Å²) in [7, 11) is 1.56. The Labute approximate surface area is 401 Å². The first-order valence-electron chi connectivity index (χ1n) is 20.9. The molecule has 1 fully saturated rings. The van der Waals surface area contributed by atoms with Crippen molar-refractivity contribution in [2.24, 2.45) is 5.16 Å². The molecule has 1 aromatic heterocycles. The van der Waals surface area contributed by atoms with E-state index in [1.165, 1.54) is 16.7 Å². The molecular formula is C48H48Cl2N6O8S2. The number of hydrogen-bond donors (Lipinski definition) is 3. The average molecular weight is 972 g/mol. The van der Waals surface area contributed by atoms with Gasteiger partial charge >= 0.3 is 12.1 Å². The molecule has 2 aliphatic heterocycles. The number of hydrogen-bond acceptors (Lipinski definition) is 13. The Morgan fingerprint density at radius 3 is 2.06 bits per heavy atom. The van der Waals surface area contributed by atoms with Crippen molar-refractivity contribution in [2.75, 3.05) is 37.2 Å². The summed E-state index contributed by atoms with van der Waals surface area (Å²) in [6, 6.07) is 35.7. The van der Waals surface area contributed by atoms with Gasteiger partial charge in [-0.3, -0.25) is 14.5 Å². The second-order valence-electron chi connectivity index (χ2n) is 16.0. The number of amides is 3. The maximum absolute atomic E-state index is 14.4. The van der Waals surface area contributed by atoms with Crippen molar-refractivity contribution >= 4 is 81.0 Å². The van der Waals surface area contributed by atoms with Crippen LogP contribution in [0.1, 0.15) is 55.1 Å². The maximum atomic E-state index is 14.4. The molecule has 0 radical (unpaired) electrons. The molecule has 5 aromatic rings. The number of thiazole rings is 1. The molecule has 3 N–H and O–H groups in total.